The number of aromatic nitrogens is 4. The normalized spacial score (nSPS) is 11.3. The molecule has 0 saturated carbocycles. The smallest absolute Gasteiger partial charge is 0.292 e. The van der Waals surface area contributed by atoms with Gasteiger partial charge >= 0.3 is 5.69 Å². The fourth-order valence-electron chi connectivity index (χ4n) is 2.86. The maximum atomic E-state index is 13.0. The highest BCUT2D eigenvalue weighted by Gasteiger charge is 2.16. The summed E-state index contributed by atoms with van der Waals surface area (Å²) in [7, 11) is 0. The Hall–Kier alpha value is -3.35. The van der Waals surface area contributed by atoms with Crippen molar-refractivity contribution in [1.82, 2.24) is 19.2 Å². The van der Waals surface area contributed by atoms with Crippen LogP contribution in [0.15, 0.2) is 53.3 Å². The second-order valence-electron chi connectivity index (χ2n) is 5.71. The van der Waals surface area contributed by atoms with E-state index in [-0.39, 0.29) is 12.3 Å². The van der Waals surface area contributed by atoms with Gasteiger partial charge in [-0.15, -0.1) is 5.10 Å². The van der Waals surface area contributed by atoms with Crippen molar-refractivity contribution in [2.45, 2.75) is 13.5 Å². The van der Waals surface area contributed by atoms with Gasteiger partial charge in [-0.3, -0.25) is 9.36 Å². The predicted molar refractivity (Wildman–Crippen MR) is 90.2 cm³/mol. The summed E-state index contributed by atoms with van der Waals surface area (Å²) in [4.78, 5) is 29.6. The summed E-state index contributed by atoms with van der Waals surface area (Å²) in [6.45, 7) is 1.54. The first kappa shape index (κ1) is 15.2. The number of nitrogens with zero attached hydrogens (tertiary/aromatic N) is 4. The van der Waals surface area contributed by atoms with Gasteiger partial charge in [0.05, 0.1) is 12.1 Å². The highest BCUT2D eigenvalue weighted by molar-refractivity contribution is 5.97. The summed E-state index contributed by atoms with van der Waals surface area (Å²) in [6.07, 6.45) is 0. The highest BCUT2D eigenvalue weighted by atomic mass is 19.1. The van der Waals surface area contributed by atoms with Gasteiger partial charge in [0, 0.05) is 10.9 Å². The molecule has 4 aromatic rings. The van der Waals surface area contributed by atoms with Crippen LogP contribution in [-0.4, -0.2) is 24.9 Å². The highest BCUT2D eigenvalue weighted by Crippen LogP contribution is 2.17. The van der Waals surface area contributed by atoms with E-state index in [0.29, 0.717) is 22.6 Å². The van der Waals surface area contributed by atoms with Gasteiger partial charge in [-0.1, -0.05) is 12.1 Å². The molecule has 0 aliphatic rings. The van der Waals surface area contributed by atoms with E-state index in [2.05, 4.69) is 10.1 Å². The molecule has 7 heteroatoms. The number of ketones is 1. The van der Waals surface area contributed by atoms with Crippen LogP contribution in [0.5, 0.6) is 0 Å². The average Bonchev–Trinajstić information content (AvgIpc) is 3.01. The molecule has 0 aliphatic heterocycles. The molecule has 0 unspecified atom stereocenters. The molecule has 0 N–H and O–H groups in total. The second-order valence-corrected chi connectivity index (χ2v) is 5.71. The molecule has 0 fully saturated rings. The van der Waals surface area contributed by atoms with Crippen molar-refractivity contribution in [3.63, 3.8) is 0 Å². The van der Waals surface area contributed by atoms with Crippen molar-refractivity contribution >= 4 is 22.3 Å². The van der Waals surface area contributed by atoms with Crippen LogP contribution in [0.3, 0.4) is 0 Å². The molecule has 0 radical (unpaired) electrons. The Morgan fingerprint density at radius 3 is 2.60 bits per heavy atom. The molecule has 0 spiro atoms. The monoisotopic (exact) mass is 336 g/mol. The third kappa shape index (κ3) is 2.50. The van der Waals surface area contributed by atoms with E-state index in [1.807, 2.05) is 12.1 Å². The SMILES string of the molecule is Cc1nc2c3ccccc3n(CC(=O)c3ccc(F)cc3)c(=O)n2n1. The number of Topliss-reactive ketones (excluding diaryl/α,β-unsaturated/α-hetero) is 1. The quantitative estimate of drug-likeness (QED) is 0.539. The molecule has 124 valence electrons. The Morgan fingerprint density at radius 1 is 1.12 bits per heavy atom. The van der Waals surface area contributed by atoms with Gasteiger partial charge in [0.15, 0.2) is 11.4 Å². The molecule has 6 nitrogen and oxygen atoms in total. The van der Waals surface area contributed by atoms with E-state index in [1.54, 1.807) is 19.1 Å². The maximum absolute atomic E-state index is 13.0. The van der Waals surface area contributed by atoms with Gasteiger partial charge in [-0.2, -0.15) is 4.52 Å². The van der Waals surface area contributed by atoms with E-state index in [4.69, 9.17) is 0 Å². The lowest BCUT2D eigenvalue weighted by atomic mass is 10.1. The second kappa shape index (κ2) is 5.62. The van der Waals surface area contributed by atoms with Crippen LogP contribution in [0.2, 0.25) is 0 Å². The standard InChI is InChI=1S/C18H13FN4O2/c1-11-20-17-14-4-2-3-5-15(14)22(18(25)23(17)21-11)10-16(24)12-6-8-13(19)9-7-12/h2-9H,10H2,1H3. The number of para-hydroxylation sites is 1. The summed E-state index contributed by atoms with van der Waals surface area (Å²) in [5, 5.41) is 4.86. The van der Waals surface area contributed by atoms with Gasteiger partial charge in [0.1, 0.15) is 11.6 Å². The molecular weight excluding hydrogens is 323 g/mol. The number of hydrogen-bond acceptors (Lipinski definition) is 4. The predicted octanol–water partition coefficient (Wildman–Crippen LogP) is 2.37. The molecular formula is C18H13FN4O2. The molecule has 2 aromatic carbocycles. The first-order chi connectivity index (χ1) is 12.0. The molecule has 0 atom stereocenters. The van der Waals surface area contributed by atoms with Crippen LogP contribution in [0.4, 0.5) is 4.39 Å². The van der Waals surface area contributed by atoms with E-state index >= 15 is 0 Å². The molecule has 2 aromatic heterocycles. The van der Waals surface area contributed by atoms with E-state index < -0.39 is 11.5 Å². The van der Waals surface area contributed by atoms with Crippen LogP contribution in [0.1, 0.15) is 16.2 Å². The minimum atomic E-state index is -0.440. The number of carbonyl (C=O) groups excluding carboxylic acids is 1. The summed E-state index contributed by atoms with van der Waals surface area (Å²) in [6, 6.07) is 12.5. The van der Waals surface area contributed by atoms with Crippen molar-refractivity contribution in [1.29, 1.82) is 0 Å². The fourth-order valence-corrected chi connectivity index (χ4v) is 2.86. The number of carbonyl (C=O) groups is 1. The van der Waals surface area contributed by atoms with Gasteiger partial charge in [-0.05, 0) is 43.3 Å². The lowest BCUT2D eigenvalue weighted by Crippen LogP contribution is -2.30. The Labute approximate surface area is 141 Å². The third-order valence-corrected chi connectivity index (χ3v) is 4.03. The summed E-state index contributed by atoms with van der Waals surface area (Å²) in [5.41, 5.74) is 0.962. The summed E-state index contributed by atoms with van der Waals surface area (Å²) in [5.74, 6) is -0.230. The molecule has 0 saturated heterocycles. The van der Waals surface area contributed by atoms with Crippen LogP contribution in [0.25, 0.3) is 16.6 Å². The Bertz CT molecular complexity index is 1180. The van der Waals surface area contributed by atoms with Crippen molar-refractivity contribution < 1.29 is 9.18 Å². The number of hydrogen-bond donors (Lipinski definition) is 0. The van der Waals surface area contributed by atoms with Gasteiger partial charge in [0.2, 0.25) is 0 Å². The van der Waals surface area contributed by atoms with Gasteiger partial charge in [0.25, 0.3) is 0 Å². The summed E-state index contributed by atoms with van der Waals surface area (Å²) >= 11 is 0. The molecule has 0 bridgehead atoms. The van der Waals surface area contributed by atoms with Crippen molar-refractivity contribution in [3.8, 4) is 0 Å². The third-order valence-electron chi connectivity index (χ3n) is 4.03. The van der Waals surface area contributed by atoms with Crippen LogP contribution >= 0.6 is 0 Å². The summed E-state index contributed by atoms with van der Waals surface area (Å²) < 4.78 is 15.6. The molecule has 2 heterocycles. The Balaban J connectivity index is 1.91. The molecule has 25 heavy (non-hydrogen) atoms. The Kier molecular flexibility index (Phi) is 3.42. The van der Waals surface area contributed by atoms with Gasteiger partial charge < -0.3 is 0 Å². The zero-order chi connectivity index (χ0) is 17.6. The number of aryl methyl sites for hydroxylation is 1. The Morgan fingerprint density at radius 2 is 1.84 bits per heavy atom. The maximum Gasteiger partial charge on any atom is 0.351 e. The van der Waals surface area contributed by atoms with Crippen molar-refractivity contribution in [3.05, 3.63) is 76.2 Å². The van der Waals surface area contributed by atoms with Crippen molar-refractivity contribution in [2.24, 2.45) is 0 Å². The number of benzene rings is 2. The number of halogens is 1. The molecule has 0 amide bonds. The van der Waals surface area contributed by atoms with E-state index in [0.717, 1.165) is 5.39 Å². The van der Waals surface area contributed by atoms with Crippen molar-refractivity contribution in [2.75, 3.05) is 0 Å². The van der Waals surface area contributed by atoms with E-state index in [9.17, 15) is 14.0 Å². The minimum Gasteiger partial charge on any atom is -0.292 e. The largest absolute Gasteiger partial charge is 0.351 e. The molecule has 4 rings (SSSR count). The fraction of sp³-hybridized carbons (Fsp3) is 0.111. The van der Waals surface area contributed by atoms with Crippen LogP contribution in [-0.2, 0) is 6.54 Å². The zero-order valence-electron chi connectivity index (χ0n) is 13.3. The average molecular weight is 336 g/mol. The van der Waals surface area contributed by atoms with Gasteiger partial charge in [-0.25, -0.2) is 14.2 Å². The lowest BCUT2D eigenvalue weighted by molar-refractivity contribution is 0.0971. The number of rotatable bonds is 3. The van der Waals surface area contributed by atoms with E-state index in [1.165, 1.54) is 33.3 Å². The number of fused-ring (bicyclic) bond motifs is 3. The minimum absolute atomic E-state index is 0.167. The lowest BCUT2D eigenvalue weighted by Gasteiger charge is -2.10. The zero-order valence-corrected chi connectivity index (χ0v) is 13.3. The van der Waals surface area contributed by atoms with Crippen LogP contribution < -0.4 is 5.69 Å². The topological polar surface area (TPSA) is 69.3 Å². The van der Waals surface area contributed by atoms with Crippen LogP contribution in [0, 0.1) is 12.7 Å². The first-order valence-electron chi connectivity index (χ1n) is 7.68. The molecule has 0 aliphatic carbocycles. The first-order valence-corrected chi connectivity index (χ1v) is 7.68.